The first-order valence-corrected chi connectivity index (χ1v) is 10.1. The van der Waals surface area contributed by atoms with E-state index in [2.05, 4.69) is 27.9 Å². The second-order valence-corrected chi connectivity index (χ2v) is 7.49. The predicted molar refractivity (Wildman–Crippen MR) is 110 cm³/mol. The zero-order chi connectivity index (χ0) is 21.1. The third-order valence-corrected chi connectivity index (χ3v) is 5.36. The van der Waals surface area contributed by atoms with Gasteiger partial charge in [-0.2, -0.15) is 0 Å². The van der Waals surface area contributed by atoms with Crippen molar-refractivity contribution in [3.05, 3.63) is 53.9 Å². The number of nitrogens with one attached hydrogen (secondary N) is 3. The van der Waals surface area contributed by atoms with Crippen molar-refractivity contribution in [1.82, 2.24) is 15.6 Å². The van der Waals surface area contributed by atoms with Crippen LogP contribution in [-0.2, 0) is 20.8 Å². The van der Waals surface area contributed by atoms with Crippen LogP contribution in [-0.4, -0.2) is 41.4 Å². The Morgan fingerprint density at radius 2 is 1.83 bits per heavy atom. The Kier molecular flexibility index (Phi) is 5.65. The second kappa shape index (κ2) is 8.52. The fourth-order valence-electron chi connectivity index (χ4n) is 3.75. The number of rotatable bonds is 7. The molecule has 2 aliphatic heterocycles. The van der Waals surface area contributed by atoms with E-state index in [0.717, 1.165) is 12.8 Å². The first-order chi connectivity index (χ1) is 14.6. The molecule has 3 amide bonds. The van der Waals surface area contributed by atoms with Crippen LogP contribution >= 0.6 is 0 Å². The largest absolute Gasteiger partial charge is 0.492 e. The zero-order valence-corrected chi connectivity index (χ0v) is 16.7. The Bertz CT molecular complexity index is 960. The van der Waals surface area contributed by atoms with E-state index in [1.165, 1.54) is 0 Å². The van der Waals surface area contributed by atoms with Crippen LogP contribution in [0.25, 0.3) is 0 Å². The lowest BCUT2D eigenvalue weighted by molar-refractivity contribution is -0.138. The zero-order valence-electron chi connectivity index (χ0n) is 16.7. The van der Waals surface area contributed by atoms with Gasteiger partial charge >= 0.3 is 0 Å². The van der Waals surface area contributed by atoms with Gasteiger partial charge in [-0.15, -0.1) is 0 Å². The van der Waals surface area contributed by atoms with Gasteiger partial charge < -0.3 is 20.7 Å². The third-order valence-electron chi connectivity index (χ3n) is 5.36. The number of unbranched alkanes of at least 4 members (excludes halogenated alkanes) is 1. The summed E-state index contributed by atoms with van der Waals surface area (Å²) < 4.78 is 5.59. The van der Waals surface area contributed by atoms with E-state index in [1.807, 2.05) is 12.1 Å². The van der Waals surface area contributed by atoms with Crippen LogP contribution in [0.4, 0.5) is 5.69 Å². The topological polar surface area (TPSA) is 109 Å². The number of carbonyl (C=O) groups excluding carboxylic acids is 3. The number of piperazine rings is 1. The van der Waals surface area contributed by atoms with E-state index in [4.69, 9.17) is 4.74 Å². The summed E-state index contributed by atoms with van der Waals surface area (Å²) in [7, 11) is 0. The molecule has 0 saturated carbocycles. The summed E-state index contributed by atoms with van der Waals surface area (Å²) in [5, 5.41) is 8.24. The van der Waals surface area contributed by atoms with Crippen molar-refractivity contribution in [2.75, 3.05) is 11.9 Å². The Morgan fingerprint density at radius 1 is 1.00 bits per heavy atom. The fraction of sp³-hybridized carbons (Fsp3) is 0.364. The lowest BCUT2D eigenvalue weighted by Crippen LogP contribution is -2.64. The highest BCUT2D eigenvalue weighted by molar-refractivity contribution is 6.09. The lowest BCUT2D eigenvalue weighted by Gasteiger charge is -2.32. The molecule has 2 aliphatic rings. The van der Waals surface area contributed by atoms with E-state index in [-0.39, 0.29) is 24.1 Å². The quantitative estimate of drug-likeness (QED) is 0.602. The number of para-hydroxylation sites is 1. The Balaban J connectivity index is 1.41. The molecule has 0 aliphatic carbocycles. The molecule has 3 N–H and O–H groups in total. The SMILES string of the molecule is CCCCOc1ccc(CC2NC(=O)C(C3C(=O)Nc4ccccc43)NC2=O)nc1. The van der Waals surface area contributed by atoms with Gasteiger partial charge in [-0.3, -0.25) is 19.4 Å². The molecular weight excluding hydrogens is 384 g/mol. The van der Waals surface area contributed by atoms with E-state index < -0.39 is 18.0 Å². The van der Waals surface area contributed by atoms with E-state index in [1.54, 1.807) is 30.5 Å². The van der Waals surface area contributed by atoms with Crippen LogP contribution in [0.1, 0.15) is 36.9 Å². The van der Waals surface area contributed by atoms with Gasteiger partial charge in [-0.05, 0) is 30.2 Å². The molecule has 1 aromatic heterocycles. The smallest absolute Gasteiger partial charge is 0.244 e. The maximum Gasteiger partial charge on any atom is 0.244 e. The first-order valence-electron chi connectivity index (χ1n) is 10.1. The number of anilines is 1. The van der Waals surface area contributed by atoms with Crippen molar-refractivity contribution in [3.8, 4) is 5.75 Å². The summed E-state index contributed by atoms with van der Waals surface area (Å²) in [5.41, 5.74) is 2.05. The molecule has 2 aromatic rings. The van der Waals surface area contributed by atoms with Gasteiger partial charge in [0.05, 0.1) is 18.7 Å². The molecule has 4 rings (SSSR count). The number of aromatic nitrogens is 1. The van der Waals surface area contributed by atoms with E-state index in [9.17, 15) is 14.4 Å². The first kappa shape index (κ1) is 19.9. The average molecular weight is 408 g/mol. The number of hydrogen-bond donors (Lipinski definition) is 3. The summed E-state index contributed by atoms with van der Waals surface area (Å²) in [6.45, 7) is 2.73. The number of ether oxygens (including phenoxy) is 1. The number of hydrogen-bond acceptors (Lipinski definition) is 5. The van der Waals surface area contributed by atoms with Gasteiger partial charge in [0, 0.05) is 17.8 Å². The van der Waals surface area contributed by atoms with Gasteiger partial charge in [-0.25, -0.2) is 0 Å². The number of nitrogens with zero attached hydrogens (tertiary/aromatic N) is 1. The van der Waals surface area contributed by atoms with Gasteiger partial charge in [0.2, 0.25) is 17.7 Å². The molecular formula is C22H24N4O4. The molecule has 3 unspecified atom stereocenters. The van der Waals surface area contributed by atoms with Crippen molar-refractivity contribution in [1.29, 1.82) is 0 Å². The van der Waals surface area contributed by atoms with Crippen molar-refractivity contribution < 1.29 is 19.1 Å². The second-order valence-electron chi connectivity index (χ2n) is 7.49. The number of amides is 3. The van der Waals surface area contributed by atoms with Crippen molar-refractivity contribution in [3.63, 3.8) is 0 Å². The van der Waals surface area contributed by atoms with E-state index in [0.29, 0.717) is 29.3 Å². The minimum atomic E-state index is -0.945. The maximum absolute atomic E-state index is 12.7. The highest BCUT2D eigenvalue weighted by atomic mass is 16.5. The van der Waals surface area contributed by atoms with Crippen molar-refractivity contribution in [2.24, 2.45) is 0 Å². The summed E-state index contributed by atoms with van der Waals surface area (Å²) >= 11 is 0. The molecule has 0 spiro atoms. The van der Waals surface area contributed by atoms with Crippen LogP contribution in [0.5, 0.6) is 5.75 Å². The molecule has 1 fully saturated rings. The molecule has 1 saturated heterocycles. The number of pyridine rings is 1. The predicted octanol–water partition coefficient (Wildman–Crippen LogP) is 1.52. The maximum atomic E-state index is 12.7. The molecule has 30 heavy (non-hydrogen) atoms. The fourth-order valence-corrected chi connectivity index (χ4v) is 3.75. The summed E-state index contributed by atoms with van der Waals surface area (Å²) in [6, 6.07) is 9.09. The minimum absolute atomic E-state index is 0.257. The number of benzene rings is 1. The molecule has 8 nitrogen and oxygen atoms in total. The van der Waals surface area contributed by atoms with Crippen molar-refractivity contribution in [2.45, 2.75) is 44.2 Å². The number of carbonyl (C=O) groups is 3. The molecule has 3 atom stereocenters. The van der Waals surface area contributed by atoms with Gasteiger partial charge in [0.1, 0.15) is 17.8 Å². The highest BCUT2D eigenvalue weighted by Gasteiger charge is 2.45. The molecule has 8 heteroatoms. The normalized spacial score (nSPS) is 22.7. The minimum Gasteiger partial charge on any atom is -0.492 e. The number of fused-ring (bicyclic) bond motifs is 1. The van der Waals surface area contributed by atoms with E-state index >= 15 is 0 Å². The van der Waals surface area contributed by atoms with Crippen molar-refractivity contribution >= 4 is 23.4 Å². The van der Waals surface area contributed by atoms with Crippen LogP contribution in [0.2, 0.25) is 0 Å². The average Bonchev–Trinajstić information content (AvgIpc) is 3.07. The van der Waals surface area contributed by atoms with Crippen LogP contribution in [0, 0.1) is 0 Å². The Morgan fingerprint density at radius 3 is 2.60 bits per heavy atom. The van der Waals surface area contributed by atoms with Gasteiger partial charge in [-0.1, -0.05) is 31.5 Å². The Labute approximate surface area is 174 Å². The molecule has 156 valence electrons. The van der Waals surface area contributed by atoms with Crippen LogP contribution < -0.4 is 20.7 Å². The third kappa shape index (κ3) is 3.98. The summed E-state index contributed by atoms with van der Waals surface area (Å²) in [5.74, 6) is -1.08. The van der Waals surface area contributed by atoms with Gasteiger partial charge in [0.15, 0.2) is 0 Å². The van der Waals surface area contributed by atoms with Gasteiger partial charge in [0.25, 0.3) is 0 Å². The highest BCUT2D eigenvalue weighted by Crippen LogP contribution is 2.35. The van der Waals surface area contributed by atoms with Crippen LogP contribution in [0.15, 0.2) is 42.6 Å². The molecule has 0 bridgehead atoms. The molecule has 3 heterocycles. The summed E-state index contributed by atoms with van der Waals surface area (Å²) in [4.78, 5) is 42.1. The standard InChI is InChI=1S/C22H24N4O4/c1-2-3-10-30-14-9-8-13(23-12-14)11-17-20(27)26-19(22(29)25-17)18-15-6-4-5-7-16(15)24-21(18)28/h4-9,12,17-19H,2-3,10-11H2,1H3,(H,24,28)(H,25,29)(H,26,27). The molecule has 0 radical (unpaired) electrons. The van der Waals surface area contributed by atoms with Crippen LogP contribution in [0.3, 0.4) is 0 Å². The Hall–Kier alpha value is -3.42. The lowest BCUT2D eigenvalue weighted by atomic mass is 9.90. The molecule has 1 aromatic carbocycles. The summed E-state index contributed by atoms with van der Waals surface area (Å²) in [6.07, 6.45) is 3.90. The monoisotopic (exact) mass is 408 g/mol.